The molecular weight excluding hydrogens is 416 g/mol. The highest BCUT2D eigenvalue weighted by molar-refractivity contribution is 6.88. The Bertz CT molecular complexity index is 1650. The van der Waals surface area contributed by atoms with Gasteiger partial charge in [-0.1, -0.05) is 97.6 Å². The van der Waals surface area contributed by atoms with E-state index in [1.54, 1.807) is 0 Å². The summed E-state index contributed by atoms with van der Waals surface area (Å²) in [5, 5.41) is 6.53. The van der Waals surface area contributed by atoms with Crippen LogP contribution in [0.15, 0.2) is 103 Å². The number of imidazole rings is 1. The summed E-state index contributed by atoms with van der Waals surface area (Å²) >= 11 is 0. The van der Waals surface area contributed by atoms with E-state index in [9.17, 15) is 0 Å². The Morgan fingerprint density at radius 3 is 2.12 bits per heavy atom. The largest absolute Gasteiger partial charge is 0.292 e. The molecule has 0 aliphatic heterocycles. The van der Waals surface area contributed by atoms with Crippen LogP contribution in [0.25, 0.3) is 49.7 Å². The smallest absolute Gasteiger partial charge is 0.145 e. The number of nitrogens with zero attached hydrogens (tertiary/aromatic N) is 2. The lowest BCUT2D eigenvalue weighted by Crippen LogP contribution is -2.37. The van der Waals surface area contributed by atoms with Gasteiger partial charge < -0.3 is 0 Å². The maximum Gasteiger partial charge on any atom is 0.145 e. The highest BCUT2D eigenvalue weighted by atomic mass is 28.3. The molecule has 0 radical (unpaired) electrons. The molecule has 160 valence electrons. The molecular formula is C30H26N2Si. The third kappa shape index (κ3) is 3.45. The van der Waals surface area contributed by atoms with Gasteiger partial charge in [-0.15, -0.1) is 0 Å². The predicted molar refractivity (Wildman–Crippen MR) is 144 cm³/mol. The van der Waals surface area contributed by atoms with Crippen LogP contribution in [-0.2, 0) is 0 Å². The highest BCUT2D eigenvalue weighted by Crippen LogP contribution is 2.31. The Morgan fingerprint density at radius 1 is 0.606 bits per heavy atom. The van der Waals surface area contributed by atoms with Gasteiger partial charge in [-0.05, 0) is 51.9 Å². The maximum atomic E-state index is 5.06. The van der Waals surface area contributed by atoms with Gasteiger partial charge in [-0.25, -0.2) is 4.98 Å². The highest BCUT2D eigenvalue weighted by Gasteiger charge is 2.18. The molecule has 6 rings (SSSR count). The fourth-order valence-corrected chi connectivity index (χ4v) is 5.82. The molecule has 0 saturated heterocycles. The summed E-state index contributed by atoms with van der Waals surface area (Å²) in [7, 11) is -1.34. The minimum absolute atomic E-state index is 0.972. The lowest BCUT2D eigenvalue weighted by Gasteiger charge is -2.17. The van der Waals surface area contributed by atoms with Gasteiger partial charge in [0.25, 0.3) is 0 Å². The Kier molecular flexibility index (Phi) is 4.49. The summed E-state index contributed by atoms with van der Waals surface area (Å²) in [5.74, 6) is 0.972. The molecule has 3 heteroatoms. The van der Waals surface area contributed by atoms with Gasteiger partial charge in [0.05, 0.1) is 19.1 Å². The maximum absolute atomic E-state index is 5.06. The van der Waals surface area contributed by atoms with Crippen molar-refractivity contribution in [2.75, 3.05) is 0 Å². The molecule has 0 atom stereocenters. The molecule has 0 amide bonds. The first-order chi connectivity index (χ1) is 16.0. The van der Waals surface area contributed by atoms with Crippen LogP contribution in [0.2, 0.25) is 19.6 Å². The van der Waals surface area contributed by atoms with Gasteiger partial charge in [-0.2, -0.15) is 0 Å². The molecule has 0 aliphatic carbocycles. The van der Waals surface area contributed by atoms with E-state index < -0.39 is 8.07 Å². The van der Waals surface area contributed by atoms with Crippen molar-refractivity contribution in [3.63, 3.8) is 0 Å². The number of rotatable bonds is 3. The van der Waals surface area contributed by atoms with Crippen molar-refractivity contribution in [2.45, 2.75) is 19.6 Å². The van der Waals surface area contributed by atoms with Gasteiger partial charge in [0, 0.05) is 11.3 Å². The zero-order valence-electron chi connectivity index (χ0n) is 19.2. The normalized spacial score (nSPS) is 12.1. The van der Waals surface area contributed by atoms with Crippen molar-refractivity contribution in [3.05, 3.63) is 103 Å². The van der Waals surface area contributed by atoms with Crippen molar-refractivity contribution in [2.24, 2.45) is 0 Å². The van der Waals surface area contributed by atoms with Crippen molar-refractivity contribution >= 4 is 45.8 Å². The fraction of sp³-hybridized carbons (Fsp3) is 0.100. The standard InChI is InChI=1S/C30H26N2Si/c1-33(2,3)27-17-15-23-19-26(16-14-24(23)20-27)32-29-11-7-6-10-28(29)31-30(32)25-13-12-21-8-4-5-9-22(21)18-25/h4-20H,1-3H3. The Balaban J connectivity index is 1.57. The molecule has 0 N–H and O–H groups in total. The third-order valence-electron chi connectivity index (χ3n) is 6.52. The predicted octanol–water partition coefficient (Wildman–Crippen LogP) is 7.54. The number of fused-ring (bicyclic) bond motifs is 3. The minimum Gasteiger partial charge on any atom is -0.292 e. The van der Waals surface area contributed by atoms with Gasteiger partial charge >= 0.3 is 0 Å². The summed E-state index contributed by atoms with van der Waals surface area (Å²) in [6, 6.07) is 37.3. The molecule has 6 aromatic rings. The van der Waals surface area contributed by atoms with Gasteiger partial charge in [0.1, 0.15) is 5.82 Å². The van der Waals surface area contributed by atoms with Crippen LogP contribution < -0.4 is 5.19 Å². The molecule has 2 nitrogen and oxygen atoms in total. The van der Waals surface area contributed by atoms with Crippen LogP contribution in [-0.4, -0.2) is 17.6 Å². The summed E-state index contributed by atoms with van der Waals surface area (Å²) in [4.78, 5) is 5.06. The fourth-order valence-electron chi connectivity index (χ4n) is 4.65. The van der Waals surface area contributed by atoms with E-state index in [0.717, 1.165) is 28.1 Å². The zero-order valence-corrected chi connectivity index (χ0v) is 20.2. The van der Waals surface area contributed by atoms with Crippen LogP contribution in [0.3, 0.4) is 0 Å². The van der Waals surface area contributed by atoms with E-state index in [4.69, 9.17) is 4.98 Å². The van der Waals surface area contributed by atoms with Crippen molar-refractivity contribution in [1.29, 1.82) is 0 Å². The average Bonchev–Trinajstić information content (AvgIpc) is 3.22. The molecule has 33 heavy (non-hydrogen) atoms. The van der Waals surface area contributed by atoms with Crippen LogP contribution in [0.1, 0.15) is 0 Å². The second-order valence-corrected chi connectivity index (χ2v) is 14.9. The molecule has 1 heterocycles. The van der Waals surface area contributed by atoms with Crippen molar-refractivity contribution < 1.29 is 0 Å². The average molecular weight is 443 g/mol. The molecule has 0 fully saturated rings. The van der Waals surface area contributed by atoms with E-state index in [2.05, 4.69) is 127 Å². The number of aromatic nitrogens is 2. The number of benzene rings is 5. The number of para-hydroxylation sites is 2. The van der Waals surface area contributed by atoms with Crippen molar-refractivity contribution in [3.8, 4) is 17.1 Å². The molecule has 0 saturated carbocycles. The van der Waals surface area contributed by atoms with Crippen molar-refractivity contribution in [1.82, 2.24) is 9.55 Å². The third-order valence-corrected chi connectivity index (χ3v) is 8.56. The SMILES string of the molecule is C[Si](C)(C)c1ccc2cc(-n3c(-c4ccc5ccccc5c4)nc4ccccc43)ccc2c1. The zero-order chi connectivity index (χ0) is 22.6. The van der Waals surface area contributed by atoms with E-state index in [1.807, 2.05) is 0 Å². The van der Waals surface area contributed by atoms with Crippen LogP contribution >= 0.6 is 0 Å². The molecule has 0 bridgehead atoms. The summed E-state index contributed by atoms with van der Waals surface area (Å²) in [6.07, 6.45) is 0. The van der Waals surface area contributed by atoms with Gasteiger partial charge in [0.2, 0.25) is 0 Å². The minimum atomic E-state index is -1.34. The lowest BCUT2D eigenvalue weighted by atomic mass is 10.1. The molecule has 1 aromatic heterocycles. The first-order valence-electron chi connectivity index (χ1n) is 11.5. The number of hydrogen-bond acceptors (Lipinski definition) is 1. The van der Waals surface area contributed by atoms with Crippen LogP contribution in [0, 0.1) is 0 Å². The van der Waals surface area contributed by atoms with E-state index in [-0.39, 0.29) is 0 Å². The van der Waals surface area contributed by atoms with Gasteiger partial charge in [-0.3, -0.25) is 4.57 Å². The van der Waals surface area contributed by atoms with E-state index >= 15 is 0 Å². The Hall–Kier alpha value is -3.69. The molecule has 0 unspecified atom stereocenters. The van der Waals surface area contributed by atoms with E-state index in [1.165, 1.54) is 26.7 Å². The first kappa shape index (κ1) is 20.0. The Labute approximate surface area is 195 Å². The van der Waals surface area contributed by atoms with Crippen LogP contribution in [0.4, 0.5) is 0 Å². The van der Waals surface area contributed by atoms with E-state index in [0.29, 0.717) is 0 Å². The Morgan fingerprint density at radius 2 is 1.27 bits per heavy atom. The summed E-state index contributed by atoms with van der Waals surface area (Å²) < 4.78 is 2.30. The topological polar surface area (TPSA) is 17.8 Å². The quantitative estimate of drug-likeness (QED) is 0.259. The number of hydrogen-bond donors (Lipinski definition) is 0. The second-order valence-electron chi connectivity index (χ2n) is 9.82. The monoisotopic (exact) mass is 442 g/mol. The molecule has 5 aromatic carbocycles. The molecule has 0 spiro atoms. The van der Waals surface area contributed by atoms with Gasteiger partial charge in [0.15, 0.2) is 0 Å². The van der Waals surface area contributed by atoms with Crippen LogP contribution in [0.5, 0.6) is 0 Å². The second kappa shape index (κ2) is 7.43. The first-order valence-corrected chi connectivity index (χ1v) is 15.0. The summed E-state index contributed by atoms with van der Waals surface area (Å²) in [5.41, 5.74) is 4.40. The lowest BCUT2D eigenvalue weighted by molar-refractivity contribution is 1.11. The summed E-state index contributed by atoms with van der Waals surface area (Å²) in [6.45, 7) is 7.20. The molecule has 0 aliphatic rings.